The van der Waals surface area contributed by atoms with Crippen LogP contribution in [0.1, 0.15) is 0 Å². The Balaban J connectivity index is 0. The van der Waals surface area contributed by atoms with Crippen molar-refractivity contribution in [3.63, 3.8) is 0 Å². The number of rotatable bonds is 3. The Morgan fingerprint density at radius 2 is 0.655 bits per heavy atom. The van der Waals surface area contributed by atoms with Crippen molar-refractivity contribution in [1.82, 2.24) is 0 Å². The van der Waals surface area contributed by atoms with Gasteiger partial charge in [-0.2, -0.15) is 0 Å². The van der Waals surface area contributed by atoms with Crippen LogP contribution in [0.4, 0.5) is 0 Å². The molecule has 3 aromatic rings. The number of hydrogen-bond acceptors (Lipinski definition) is 9. The van der Waals surface area contributed by atoms with Crippen LogP contribution in [-0.2, 0) is 19.5 Å². The van der Waals surface area contributed by atoms with E-state index in [1.807, 2.05) is 0 Å². The normalized spacial score (nSPS) is 8.17. The van der Waals surface area contributed by atoms with Crippen molar-refractivity contribution >= 4 is 23.8 Å². The van der Waals surface area contributed by atoms with E-state index in [1.165, 1.54) is 15.9 Å². The molecule has 0 aliphatic heterocycles. The number of hydrogen-bond donors (Lipinski definition) is 0. The summed E-state index contributed by atoms with van der Waals surface area (Å²) < 4.78 is 0. The number of benzene rings is 3. The van der Waals surface area contributed by atoms with Crippen molar-refractivity contribution in [2.24, 2.45) is 16.0 Å². The largest absolute Gasteiger partial charge is 3.00 e. The van der Waals surface area contributed by atoms with Crippen molar-refractivity contribution in [2.75, 3.05) is 0 Å². The summed E-state index contributed by atoms with van der Waals surface area (Å²) in [5.41, 5.74) is 0. The van der Waals surface area contributed by atoms with Crippen molar-refractivity contribution in [1.29, 1.82) is 0 Å². The molecule has 0 bridgehead atoms. The van der Waals surface area contributed by atoms with Gasteiger partial charge in [0.05, 0.1) is 0 Å². The standard InChI is InChI=1S/C18H15P.3HNO2.Ru/c1-4-10-16(11-5-1)19(17-12-6-2-7-13-17)18-14-8-3-9-15-18;3*2-1-3;/h1-15H;3*(H,2,3);/q;;;;+3/p-3. The van der Waals surface area contributed by atoms with Crippen LogP contribution < -0.4 is 15.9 Å². The summed E-state index contributed by atoms with van der Waals surface area (Å²) in [5, 5.41) is 31.2. The third-order valence-corrected chi connectivity index (χ3v) is 5.49. The molecule has 11 heteroatoms. The first-order valence-corrected chi connectivity index (χ1v) is 8.84. The summed E-state index contributed by atoms with van der Waals surface area (Å²) in [4.78, 5) is 24.0. The summed E-state index contributed by atoms with van der Waals surface area (Å²) in [6.45, 7) is 0. The SMILES string of the molecule is O=N[O-].O=N[O-].O=N[O-].[Ru+3].c1ccc(P(c2ccccc2)c2ccccc2)cc1. The zero-order valence-corrected chi connectivity index (χ0v) is 17.4. The molecular formula is C18H15N3O6PRu. The number of nitrogens with zero attached hydrogens (tertiary/aromatic N) is 3. The molecule has 0 atom stereocenters. The van der Waals surface area contributed by atoms with Gasteiger partial charge in [0.15, 0.2) is 0 Å². The molecule has 0 heterocycles. The van der Waals surface area contributed by atoms with E-state index < -0.39 is 7.92 Å². The monoisotopic (exact) mass is 502 g/mol. The van der Waals surface area contributed by atoms with Gasteiger partial charge in [0.25, 0.3) is 0 Å². The van der Waals surface area contributed by atoms with Crippen molar-refractivity contribution in [3.05, 3.63) is 121 Å². The van der Waals surface area contributed by atoms with Crippen molar-refractivity contribution < 1.29 is 19.5 Å². The van der Waals surface area contributed by atoms with E-state index in [9.17, 15) is 0 Å². The second-order valence-corrected chi connectivity index (χ2v) is 6.79. The molecule has 0 saturated heterocycles. The molecule has 0 aliphatic carbocycles. The van der Waals surface area contributed by atoms with Crippen LogP contribution in [0.25, 0.3) is 0 Å². The maximum Gasteiger partial charge on any atom is 3.00 e. The molecule has 1 radical (unpaired) electrons. The van der Waals surface area contributed by atoms with E-state index in [0.717, 1.165) is 16.0 Å². The van der Waals surface area contributed by atoms with Crippen LogP contribution in [-0.4, -0.2) is 0 Å². The predicted molar refractivity (Wildman–Crippen MR) is 113 cm³/mol. The molecule has 3 aromatic carbocycles. The van der Waals surface area contributed by atoms with Gasteiger partial charge in [-0.25, -0.2) is 0 Å². The van der Waals surface area contributed by atoms with Crippen molar-refractivity contribution in [2.45, 2.75) is 0 Å². The van der Waals surface area contributed by atoms with Gasteiger partial charge in [-0.3, -0.25) is 0 Å². The molecule has 9 nitrogen and oxygen atoms in total. The van der Waals surface area contributed by atoms with Crippen molar-refractivity contribution in [3.8, 4) is 0 Å². The fraction of sp³-hybridized carbons (Fsp3) is 0. The van der Waals surface area contributed by atoms with Gasteiger partial charge < -0.3 is 30.3 Å². The first-order chi connectivity index (χ1) is 13.7. The summed E-state index contributed by atoms with van der Waals surface area (Å²) >= 11 is 0. The predicted octanol–water partition coefficient (Wildman–Crippen LogP) is 4.19. The minimum Gasteiger partial charge on any atom is -0.444 e. The minimum absolute atomic E-state index is 0. The van der Waals surface area contributed by atoms with Crippen LogP contribution in [0.2, 0.25) is 0 Å². The minimum atomic E-state index is -0.446. The molecule has 0 saturated carbocycles. The molecule has 0 spiro atoms. The Kier molecular flexibility index (Phi) is 19.1. The maximum atomic E-state index is 8.00. The Hall–Kier alpha value is -3.09. The average molecular weight is 501 g/mol. The molecule has 0 N–H and O–H groups in total. The molecule has 0 aromatic heterocycles. The molecule has 0 unspecified atom stereocenters. The zero-order valence-electron chi connectivity index (χ0n) is 14.8. The second-order valence-electron chi connectivity index (χ2n) is 4.57. The smallest absolute Gasteiger partial charge is 0.444 e. The zero-order chi connectivity index (χ0) is 21.0. The average Bonchev–Trinajstić information content (AvgIpc) is 2.73. The van der Waals surface area contributed by atoms with E-state index in [4.69, 9.17) is 30.3 Å². The van der Waals surface area contributed by atoms with Gasteiger partial charge in [-0.05, 0) is 23.8 Å². The fourth-order valence-corrected chi connectivity index (χ4v) is 4.48. The third-order valence-electron chi connectivity index (χ3n) is 3.04. The Labute approximate surface area is 180 Å². The van der Waals surface area contributed by atoms with Gasteiger partial charge >= 0.3 is 19.5 Å². The van der Waals surface area contributed by atoms with Gasteiger partial charge in [-0.15, -0.1) is 16.0 Å². The van der Waals surface area contributed by atoms with Crippen LogP contribution in [0.5, 0.6) is 0 Å². The second kappa shape index (κ2) is 19.7. The van der Waals surface area contributed by atoms with E-state index in [0.29, 0.717) is 0 Å². The molecule has 3 rings (SSSR count). The van der Waals surface area contributed by atoms with Gasteiger partial charge in [0.2, 0.25) is 0 Å². The molecule has 151 valence electrons. The van der Waals surface area contributed by atoms with E-state index in [1.54, 1.807) is 0 Å². The quantitative estimate of drug-likeness (QED) is 0.227. The summed E-state index contributed by atoms with van der Waals surface area (Å²) in [7, 11) is -0.446. The molecule has 0 fully saturated rings. The van der Waals surface area contributed by atoms with Gasteiger partial charge in [0.1, 0.15) is 0 Å². The van der Waals surface area contributed by atoms with Crippen LogP contribution in [0, 0.1) is 30.3 Å². The summed E-state index contributed by atoms with van der Waals surface area (Å²) in [6, 6.07) is 32.3. The third kappa shape index (κ3) is 12.1. The van der Waals surface area contributed by atoms with E-state index >= 15 is 0 Å². The molecule has 0 amide bonds. The first-order valence-electron chi connectivity index (χ1n) is 7.50. The summed E-state index contributed by atoms with van der Waals surface area (Å²) in [6.07, 6.45) is 0. The fourth-order valence-electron chi connectivity index (χ4n) is 2.18. The van der Waals surface area contributed by atoms with Crippen LogP contribution in [0.15, 0.2) is 107 Å². The molecule has 29 heavy (non-hydrogen) atoms. The van der Waals surface area contributed by atoms with Crippen LogP contribution >= 0.6 is 7.92 Å². The topological polar surface area (TPSA) is 157 Å². The Bertz CT molecular complexity index is 677. The Morgan fingerprint density at radius 3 is 0.828 bits per heavy atom. The van der Waals surface area contributed by atoms with Gasteiger partial charge in [0, 0.05) is 0 Å². The maximum absolute atomic E-state index is 8.00. The van der Waals surface area contributed by atoms with E-state index in [-0.39, 0.29) is 19.5 Å². The van der Waals surface area contributed by atoms with Crippen LogP contribution in [0.3, 0.4) is 0 Å². The first kappa shape index (κ1) is 28.1. The Morgan fingerprint density at radius 1 is 0.483 bits per heavy atom. The molecular weight excluding hydrogens is 486 g/mol. The van der Waals surface area contributed by atoms with Gasteiger partial charge in [-0.1, -0.05) is 91.0 Å². The summed E-state index contributed by atoms with van der Waals surface area (Å²) in [5.74, 6) is 0. The van der Waals surface area contributed by atoms with E-state index in [2.05, 4.69) is 91.0 Å². The molecule has 0 aliphatic rings.